The van der Waals surface area contributed by atoms with Crippen LogP contribution in [0.15, 0.2) is 36.4 Å². The third-order valence-electron chi connectivity index (χ3n) is 2.65. The molecule has 16 heavy (non-hydrogen) atoms. The quantitative estimate of drug-likeness (QED) is 0.487. The topological polar surface area (TPSA) is 9.23 Å². The van der Waals surface area contributed by atoms with Crippen LogP contribution in [-0.4, -0.2) is 7.11 Å². The average molecular weight is 218 g/mol. The lowest BCUT2D eigenvalue weighted by atomic mass is 10.1. The minimum Gasteiger partial charge on any atom is -0.497 e. The lowest BCUT2D eigenvalue weighted by molar-refractivity contribution is 0.414. The molecule has 88 valence electrons. The predicted molar refractivity (Wildman–Crippen MR) is 70.0 cm³/mol. The molecule has 0 saturated carbocycles. The molecule has 0 saturated heterocycles. The molecule has 0 aliphatic carbocycles. The van der Waals surface area contributed by atoms with Crippen LogP contribution in [-0.2, 0) is 6.42 Å². The first-order chi connectivity index (χ1) is 7.86. The molecule has 1 nitrogen and oxygen atoms in total. The highest BCUT2D eigenvalue weighted by Gasteiger charge is 1.91. The Labute approximate surface area is 99.1 Å². The Hall–Kier alpha value is -1.24. The van der Waals surface area contributed by atoms with E-state index in [1.165, 1.54) is 31.2 Å². The summed E-state index contributed by atoms with van der Waals surface area (Å²) < 4.78 is 5.12. The molecule has 0 aliphatic heterocycles. The van der Waals surface area contributed by atoms with E-state index in [9.17, 15) is 0 Å². The maximum absolute atomic E-state index is 5.12. The Kier molecular flexibility index (Phi) is 6.39. The van der Waals surface area contributed by atoms with Gasteiger partial charge in [-0.1, -0.05) is 44.1 Å². The van der Waals surface area contributed by atoms with Crippen molar-refractivity contribution < 1.29 is 4.74 Å². The van der Waals surface area contributed by atoms with E-state index in [4.69, 9.17) is 4.74 Å². The molecule has 0 atom stereocenters. The molecule has 0 unspecified atom stereocenters. The molecule has 0 radical (unpaired) electrons. The summed E-state index contributed by atoms with van der Waals surface area (Å²) in [6.07, 6.45) is 10.7. The lowest BCUT2D eigenvalue weighted by Crippen LogP contribution is -1.84. The minimum absolute atomic E-state index is 0.927. The van der Waals surface area contributed by atoms with Crippen LogP contribution in [0.2, 0.25) is 0 Å². The molecule has 1 aromatic rings. The Morgan fingerprint density at radius 3 is 2.44 bits per heavy atom. The molecule has 1 rings (SSSR count). The molecule has 0 heterocycles. The summed E-state index contributed by atoms with van der Waals surface area (Å²) in [6.45, 7) is 2.24. The van der Waals surface area contributed by atoms with E-state index >= 15 is 0 Å². The number of rotatable bonds is 7. The first kappa shape index (κ1) is 12.8. The van der Waals surface area contributed by atoms with Crippen LogP contribution in [0.3, 0.4) is 0 Å². The van der Waals surface area contributed by atoms with Gasteiger partial charge in [-0.15, -0.1) is 0 Å². The van der Waals surface area contributed by atoms with Crippen molar-refractivity contribution in [2.24, 2.45) is 0 Å². The Balaban J connectivity index is 2.25. The van der Waals surface area contributed by atoms with Crippen molar-refractivity contribution in [1.29, 1.82) is 0 Å². The monoisotopic (exact) mass is 218 g/mol. The van der Waals surface area contributed by atoms with Gasteiger partial charge >= 0.3 is 0 Å². The smallest absolute Gasteiger partial charge is 0.118 e. The van der Waals surface area contributed by atoms with Crippen LogP contribution >= 0.6 is 0 Å². The third kappa shape index (κ3) is 5.01. The first-order valence-corrected chi connectivity index (χ1v) is 6.14. The van der Waals surface area contributed by atoms with Gasteiger partial charge in [-0.05, 0) is 37.0 Å². The van der Waals surface area contributed by atoms with Gasteiger partial charge < -0.3 is 4.74 Å². The zero-order chi connectivity index (χ0) is 11.6. The molecule has 1 aromatic carbocycles. The fourth-order valence-electron chi connectivity index (χ4n) is 1.61. The molecule has 0 bridgehead atoms. The number of benzene rings is 1. The number of methoxy groups -OCH3 is 1. The molecule has 0 amide bonds. The van der Waals surface area contributed by atoms with Gasteiger partial charge in [-0.2, -0.15) is 0 Å². The second kappa shape index (κ2) is 7.98. The van der Waals surface area contributed by atoms with Crippen LogP contribution in [0.1, 0.15) is 38.2 Å². The van der Waals surface area contributed by atoms with Gasteiger partial charge in [0.15, 0.2) is 0 Å². The standard InChI is InChI=1S/C15H22O/c1-3-4-5-6-7-8-9-14-10-12-15(16-2)13-11-14/h7-8,10-13H,3-6,9H2,1-2H3/b8-7+. The molecule has 1 heteroatoms. The predicted octanol–water partition coefficient (Wildman–Crippen LogP) is 4.37. The Morgan fingerprint density at radius 1 is 1.06 bits per heavy atom. The van der Waals surface area contributed by atoms with Crippen molar-refractivity contribution in [2.45, 2.75) is 39.0 Å². The van der Waals surface area contributed by atoms with E-state index in [0.29, 0.717) is 0 Å². The van der Waals surface area contributed by atoms with Gasteiger partial charge in [0.1, 0.15) is 5.75 Å². The van der Waals surface area contributed by atoms with E-state index in [0.717, 1.165) is 12.2 Å². The second-order valence-corrected chi connectivity index (χ2v) is 4.02. The van der Waals surface area contributed by atoms with Crippen LogP contribution in [0, 0.1) is 0 Å². The van der Waals surface area contributed by atoms with Gasteiger partial charge in [0.2, 0.25) is 0 Å². The fourth-order valence-corrected chi connectivity index (χ4v) is 1.61. The average Bonchev–Trinajstić information content (AvgIpc) is 2.34. The Bertz CT molecular complexity index is 298. The van der Waals surface area contributed by atoms with Crippen molar-refractivity contribution in [3.05, 3.63) is 42.0 Å². The lowest BCUT2D eigenvalue weighted by Gasteiger charge is -2.00. The second-order valence-electron chi connectivity index (χ2n) is 4.02. The van der Waals surface area contributed by atoms with E-state index in [2.05, 4.69) is 31.2 Å². The number of hydrogen-bond donors (Lipinski definition) is 0. The number of ether oxygens (including phenoxy) is 1. The van der Waals surface area contributed by atoms with Gasteiger partial charge in [0, 0.05) is 0 Å². The van der Waals surface area contributed by atoms with E-state index in [1.807, 2.05) is 12.1 Å². The summed E-state index contributed by atoms with van der Waals surface area (Å²) in [5.74, 6) is 0.927. The number of hydrogen-bond acceptors (Lipinski definition) is 1. The van der Waals surface area contributed by atoms with Gasteiger partial charge in [0.25, 0.3) is 0 Å². The summed E-state index contributed by atoms with van der Waals surface area (Å²) in [7, 11) is 1.70. The summed E-state index contributed by atoms with van der Waals surface area (Å²) in [4.78, 5) is 0. The first-order valence-electron chi connectivity index (χ1n) is 6.14. The Morgan fingerprint density at radius 2 is 1.81 bits per heavy atom. The zero-order valence-corrected chi connectivity index (χ0v) is 10.4. The third-order valence-corrected chi connectivity index (χ3v) is 2.65. The highest BCUT2D eigenvalue weighted by molar-refractivity contribution is 5.28. The molecular formula is C15H22O. The highest BCUT2D eigenvalue weighted by Crippen LogP contribution is 2.12. The maximum atomic E-state index is 5.12. The summed E-state index contributed by atoms with van der Waals surface area (Å²) in [5, 5.41) is 0. The SMILES string of the molecule is CCCCC/C=C/Cc1ccc(OC)cc1. The highest BCUT2D eigenvalue weighted by atomic mass is 16.5. The van der Waals surface area contributed by atoms with E-state index in [1.54, 1.807) is 7.11 Å². The summed E-state index contributed by atoms with van der Waals surface area (Å²) in [6, 6.07) is 8.27. The molecule has 0 fully saturated rings. The zero-order valence-electron chi connectivity index (χ0n) is 10.4. The maximum Gasteiger partial charge on any atom is 0.118 e. The van der Waals surface area contributed by atoms with Crippen LogP contribution in [0.5, 0.6) is 5.75 Å². The molecule has 0 spiro atoms. The van der Waals surface area contributed by atoms with Gasteiger partial charge in [-0.25, -0.2) is 0 Å². The van der Waals surface area contributed by atoms with Crippen molar-refractivity contribution >= 4 is 0 Å². The van der Waals surface area contributed by atoms with Crippen LogP contribution in [0.25, 0.3) is 0 Å². The van der Waals surface area contributed by atoms with Crippen molar-refractivity contribution in [2.75, 3.05) is 7.11 Å². The van der Waals surface area contributed by atoms with Crippen molar-refractivity contribution in [3.8, 4) is 5.75 Å². The fraction of sp³-hybridized carbons (Fsp3) is 0.467. The summed E-state index contributed by atoms with van der Waals surface area (Å²) >= 11 is 0. The van der Waals surface area contributed by atoms with Crippen molar-refractivity contribution in [1.82, 2.24) is 0 Å². The van der Waals surface area contributed by atoms with Gasteiger partial charge in [-0.3, -0.25) is 0 Å². The molecule has 0 aromatic heterocycles. The van der Waals surface area contributed by atoms with Gasteiger partial charge in [0.05, 0.1) is 7.11 Å². The molecule has 0 aliphatic rings. The van der Waals surface area contributed by atoms with E-state index < -0.39 is 0 Å². The van der Waals surface area contributed by atoms with Crippen LogP contribution < -0.4 is 4.74 Å². The molecule has 0 N–H and O–H groups in total. The number of unbranched alkanes of at least 4 members (excludes halogenated alkanes) is 3. The van der Waals surface area contributed by atoms with Crippen LogP contribution in [0.4, 0.5) is 0 Å². The van der Waals surface area contributed by atoms with E-state index in [-0.39, 0.29) is 0 Å². The molecular weight excluding hydrogens is 196 g/mol. The van der Waals surface area contributed by atoms with Crippen molar-refractivity contribution in [3.63, 3.8) is 0 Å². The number of allylic oxidation sites excluding steroid dienone is 2. The largest absolute Gasteiger partial charge is 0.497 e. The summed E-state index contributed by atoms with van der Waals surface area (Å²) in [5.41, 5.74) is 1.34. The minimum atomic E-state index is 0.927. The normalized spacial score (nSPS) is 10.9.